The second-order valence-corrected chi connectivity index (χ2v) is 5.70. The number of H-pyrrole nitrogens is 1. The Morgan fingerprint density at radius 2 is 2.14 bits per heavy atom. The third-order valence-electron chi connectivity index (χ3n) is 3.72. The molecule has 104 valence electrons. The van der Waals surface area contributed by atoms with E-state index in [1.54, 1.807) is 0 Å². The molecule has 21 heavy (non-hydrogen) atoms. The van der Waals surface area contributed by atoms with Gasteiger partial charge in [-0.15, -0.1) is 0 Å². The number of imidazole rings is 1. The predicted octanol–water partition coefficient (Wildman–Crippen LogP) is 3.86. The standard InChI is InChI=1S/C17H14ClN3/c1-10(2)8-12-11(3)13(9-19)17-20-14-6-4-5-7-15(14)21(17)16(12)18/h4-7H,1,8H2,2-3H3/p+1. The lowest BCUT2D eigenvalue weighted by Gasteiger charge is -2.08. The van der Waals surface area contributed by atoms with Crippen molar-refractivity contribution < 1.29 is 4.40 Å². The monoisotopic (exact) mass is 296 g/mol. The molecule has 0 saturated carbocycles. The molecular formula is C17H15ClN3+. The Labute approximate surface area is 128 Å². The molecule has 3 nitrogen and oxygen atoms in total. The number of halogens is 1. The molecule has 0 bridgehead atoms. The first-order valence-corrected chi connectivity index (χ1v) is 7.10. The van der Waals surface area contributed by atoms with Crippen LogP contribution in [0.25, 0.3) is 16.7 Å². The number of nitrogens with zero attached hydrogens (tertiary/aromatic N) is 2. The molecule has 0 unspecified atom stereocenters. The summed E-state index contributed by atoms with van der Waals surface area (Å²) < 4.78 is 1.92. The van der Waals surface area contributed by atoms with Crippen LogP contribution in [0.5, 0.6) is 0 Å². The minimum absolute atomic E-state index is 0.631. The van der Waals surface area contributed by atoms with Gasteiger partial charge in [-0.05, 0) is 49.6 Å². The first-order chi connectivity index (χ1) is 10.0. The van der Waals surface area contributed by atoms with Crippen molar-refractivity contribution in [3.05, 3.63) is 58.3 Å². The lowest BCUT2D eigenvalue weighted by atomic mass is 10.0. The van der Waals surface area contributed by atoms with E-state index in [1.807, 2.05) is 42.5 Å². The van der Waals surface area contributed by atoms with E-state index in [0.29, 0.717) is 17.1 Å². The summed E-state index contributed by atoms with van der Waals surface area (Å²) in [5, 5.41) is 10.2. The number of fused-ring (bicyclic) bond motifs is 3. The van der Waals surface area contributed by atoms with Crippen LogP contribution in [0.3, 0.4) is 0 Å². The van der Waals surface area contributed by atoms with E-state index in [2.05, 4.69) is 17.6 Å². The molecule has 0 aliphatic carbocycles. The zero-order valence-corrected chi connectivity index (χ0v) is 12.8. The maximum absolute atomic E-state index is 9.54. The van der Waals surface area contributed by atoms with E-state index < -0.39 is 0 Å². The number of rotatable bonds is 2. The van der Waals surface area contributed by atoms with E-state index in [4.69, 9.17) is 11.6 Å². The van der Waals surface area contributed by atoms with Crippen LogP contribution in [0, 0.1) is 18.3 Å². The second-order valence-electron chi connectivity index (χ2n) is 5.34. The summed E-state index contributed by atoms with van der Waals surface area (Å²) in [6.45, 7) is 7.86. The summed E-state index contributed by atoms with van der Waals surface area (Å²) >= 11 is 6.63. The SMILES string of the molecule is C=C(C)Cc1c(C)c(C#N)c2[nH]c3ccccc3[n+]2c1Cl. The number of benzene rings is 1. The maximum Gasteiger partial charge on any atom is 0.304 e. The van der Waals surface area contributed by atoms with Crippen molar-refractivity contribution in [3.8, 4) is 6.07 Å². The van der Waals surface area contributed by atoms with Gasteiger partial charge in [0.25, 0.3) is 0 Å². The van der Waals surface area contributed by atoms with Crippen LogP contribution in [0.4, 0.5) is 0 Å². The van der Waals surface area contributed by atoms with Crippen LogP contribution < -0.4 is 4.40 Å². The molecule has 1 aromatic carbocycles. The molecule has 1 N–H and O–H groups in total. The number of aromatic amines is 1. The molecule has 0 atom stereocenters. The first-order valence-electron chi connectivity index (χ1n) is 6.72. The summed E-state index contributed by atoms with van der Waals surface area (Å²) in [5.41, 5.74) is 6.20. The van der Waals surface area contributed by atoms with Crippen molar-refractivity contribution in [2.45, 2.75) is 20.3 Å². The first kappa shape index (κ1) is 13.7. The van der Waals surface area contributed by atoms with Gasteiger partial charge < -0.3 is 0 Å². The zero-order valence-electron chi connectivity index (χ0n) is 12.0. The summed E-state index contributed by atoms with van der Waals surface area (Å²) in [6.07, 6.45) is 0.668. The molecule has 0 spiro atoms. The number of aromatic nitrogens is 2. The van der Waals surface area contributed by atoms with E-state index in [1.165, 1.54) is 0 Å². The minimum atomic E-state index is 0.631. The molecule has 0 amide bonds. The van der Waals surface area contributed by atoms with Crippen molar-refractivity contribution >= 4 is 28.3 Å². The number of hydrogen-bond acceptors (Lipinski definition) is 1. The van der Waals surface area contributed by atoms with Crippen LogP contribution in [0.15, 0.2) is 36.4 Å². The zero-order chi connectivity index (χ0) is 15.1. The summed E-state index contributed by atoms with van der Waals surface area (Å²) in [6, 6.07) is 10.2. The van der Waals surface area contributed by atoms with Gasteiger partial charge in [0.15, 0.2) is 11.0 Å². The van der Waals surface area contributed by atoms with Crippen LogP contribution in [0.1, 0.15) is 23.6 Å². The Bertz CT molecular complexity index is 929. The van der Waals surface area contributed by atoms with Gasteiger partial charge in [-0.1, -0.05) is 24.3 Å². The Hall–Kier alpha value is -2.31. The van der Waals surface area contributed by atoms with Crippen molar-refractivity contribution in [3.63, 3.8) is 0 Å². The maximum atomic E-state index is 9.54. The number of allylic oxidation sites excluding steroid dienone is 1. The number of para-hydroxylation sites is 2. The number of pyridine rings is 1. The van der Waals surface area contributed by atoms with Crippen molar-refractivity contribution in [1.82, 2.24) is 4.98 Å². The van der Waals surface area contributed by atoms with Gasteiger partial charge in [0.1, 0.15) is 11.6 Å². The van der Waals surface area contributed by atoms with Crippen molar-refractivity contribution in [2.24, 2.45) is 0 Å². The average molecular weight is 297 g/mol. The molecule has 3 aromatic rings. The van der Waals surface area contributed by atoms with E-state index in [9.17, 15) is 5.26 Å². The Morgan fingerprint density at radius 1 is 1.43 bits per heavy atom. The van der Waals surface area contributed by atoms with Crippen molar-refractivity contribution in [2.75, 3.05) is 0 Å². The Balaban J connectivity index is 2.53. The number of hydrogen-bond donors (Lipinski definition) is 1. The molecule has 2 aromatic heterocycles. The molecule has 0 saturated heterocycles. The molecule has 0 radical (unpaired) electrons. The van der Waals surface area contributed by atoms with E-state index >= 15 is 0 Å². The fraction of sp³-hybridized carbons (Fsp3) is 0.176. The number of nitrogens with one attached hydrogen (secondary N) is 1. The van der Waals surface area contributed by atoms with E-state index in [-0.39, 0.29) is 0 Å². The molecule has 0 aliphatic heterocycles. The number of nitriles is 1. The van der Waals surface area contributed by atoms with Crippen molar-refractivity contribution in [1.29, 1.82) is 5.26 Å². The highest BCUT2D eigenvalue weighted by atomic mass is 35.5. The summed E-state index contributed by atoms with van der Waals surface area (Å²) in [7, 11) is 0. The molecule has 0 fully saturated rings. The highest BCUT2D eigenvalue weighted by Crippen LogP contribution is 2.26. The predicted molar refractivity (Wildman–Crippen MR) is 84.4 cm³/mol. The highest BCUT2D eigenvalue weighted by molar-refractivity contribution is 6.29. The van der Waals surface area contributed by atoms with Crippen LogP contribution in [0.2, 0.25) is 5.15 Å². The lowest BCUT2D eigenvalue weighted by Crippen LogP contribution is -2.25. The van der Waals surface area contributed by atoms with Gasteiger partial charge in [-0.3, -0.25) is 0 Å². The molecular weight excluding hydrogens is 282 g/mol. The molecule has 4 heteroatoms. The lowest BCUT2D eigenvalue weighted by molar-refractivity contribution is -0.479. The smallest absolute Gasteiger partial charge is 0.235 e. The van der Waals surface area contributed by atoms with Crippen LogP contribution in [-0.2, 0) is 6.42 Å². The topological polar surface area (TPSA) is 43.7 Å². The van der Waals surface area contributed by atoms with E-state index in [0.717, 1.165) is 33.4 Å². The Kier molecular flexibility index (Phi) is 3.19. The van der Waals surface area contributed by atoms with Gasteiger partial charge in [-0.2, -0.15) is 9.66 Å². The van der Waals surface area contributed by atoms with Gasteiger partial charge in [0.05, 0.1) is 0 Å². The Morgan fingerprint density at radius 3 is 2.81 bits per heavy atom. The van der Waals surface area contributed by atoms with Crippen LogP contribution >= 0.6 is 11.6 Å². The minimum Gasteiger partial charge on any atom is -0.235 e. The highest BCUT2D eigenvalue weighted by Gasteiger charge is 2.25. The molecule has 2 heterocycles. The fourth-order valence-corrected chi connectivity index (χ4v) is 3.10. The van der Waals surface area contributed by atoms with Gasteiger partial charge >= 0.3 is 5.65 Å². The average Bonchev–Trinajstić information content (AvgIpc) is 2.83. The normalized spacial score (nSPS) is 11.0. The third kappa shape index (κ3) is 2.00. The molecule has 0 aliphatic rings. The van der Waals surface area contributed by atoms with Gasteiger partial charge in [0.2, 0.25) is 5.15 Å². The third-order valence-corrected chi connectivity index (χ3v) is 4.12. The van der Waals surface area contributed by atoms with Crippen LogP contribution in [-0.4, -0.2) is 4.98 Å². The van der Waals surface area contributed by atoms with Gasteiger partial charge in [-0.25, -0.2) is 4.98 Å². The summed E-state index contributed by atoms with van der Waals surface area (Å²) in [4.78, 5) is 3.29. The largest absolute Gasteiger partial charge is 0.304 e. The summed E-state index contributed by atoms with van der Waals surface area (Å²) in [5.74, 6) is 0. The van der Waals surface area contributed by atoms with Gasteiger partial charge in [0, 0.05) is 5.56 Å². The quantitative estimate of drug-likeness (QED) is 0.435. The molecule has 3 rings (SSSR count). The fourth-order valence-electron chi connectivity index (χ4n) is 2.72. The second kappa shape index (κ2) is 4.91.